The standard InChI is InChI=1S/C57H42F2N2S2/c1-34(2)57(3,33-60-43-22-8-4-18-39(43)52-45(60)26-28-50-54(52)41-20-6-10-24-48(41)62-50)56(36-15-13-17-38(59)32-36)47(31-35-14-12-16-37(58)30-35)61-44-23-9-5-19-40(44)53-46(61)27-29-51-55(53)42-21-7-11-25-49(42)63-51/h4-30,32,34H,31,33H2,1-3H3/b56-47+. The van der Waals surface area contributed by atoms with Crippen LogP contribution in [0.3, 0.4) is 0 Å². The molecule has 0 spiro atoms. The van der Waals surface area contributed by atoms with Crippen LogP contribution in [-0.4, -0.2) is 9.13 Å². The average Bonchev–Trinajstić information content (AvgIpc) is 4.04. The molecule has 63 heavy (non-hydrogen) atoms. The minimum absolute atomic E-state index is 0.0702. The van der Waals surface area contributed by atoms with Gasteiger partial charge in [-0.25, -0.2) is 8.78 Å². The monoisotopic (exact) mass is 856 g/mol. The zero-order chi connectivity index (χ0) is 42.6. The number of halogens is 2. The van der Waals surface area contributed by atoms with Gasteiger partial charge in [-0.1, -0.05) is 118 Å². The Hall–Kier alpha value is -6.60. The summed E-state index contributed by atoms with van der Waals surface area (Å²) >= 11 is 3.66. The van der Waals surface area contributed by atoms with E-state index in [0.29, 0.717) is 13.0 Å². The van der Waals surface area contributed by atoms with Gasteiger partial charge in [0.15, 0.2) is 0 Å². The van der Waals surface area contributed by atoms with Gasteiger partial charge in [0.1, 0.15) is 11.6 Å². The highest BCUT2D eigenvalue weighted by Crippen LogP contribution is 2.52. The quantitative estimate of drug-likeness (QED) is 0.144. The summed E-state index contributed by atoms with van der Waals surface area (Å²) in [6.07, 6.45) is 0.413. The van der Waals surface area contributed by atoms with Crippen molar-refractivity contribution in [3.05, 3.63) is 193 Å². The number of benzene rings is 8. The first-order valence-corrected chi connectivity index (χ1v) is 23.3. The van der Waals surface area contributed by atoms with Crippen LogP contribution in [0, 0.1) is 23.0 Å². The molecule has 4 heterocycles. The fraction of sp³-hybridized carbons (Fsp3) is 0.123. The lowest BCUT2D eigenvalue weighted by molar-refractivity contribution is 0.274. The van der Waals surface area contributed by atoms with Crippen LogP contribution in [0.4, 0.5) is 8.78 Å². The van der Waals surface area contributed by atoms with Crippen molar-refractivity contribution >= 4 is 118 Å². The van der Waals surface area contributed by atoms with Gasteiger partial charge in [0, 0.05) is 97.0 Å². The third-order valence-electron chi connectivity index (χ3n) is 13.7. The molecule has 0 aliphatic carbocycles. The van der Waals surface area contributed by atoms with Gasteiger partial charge in [-0.15, -0.1) is 22.7 Å². The molecule has 12 aromatic rings. The van der Waals surface area contributed by atoms with E-state index < -0.39 is 5.41 Å². The van der Waals surface area contributed by atoms with E-state index in [-0.39, 0.29) is 17.6 Å². The van der Waals surface area contributed by atoms with Crippen molar-refractivity contribution in [2.24, 2.45) is 11.3 Å². The predicted molar refractivity (Wildman–Crippen MR) is 267 cm³/mol. The first-order chi connectivity index (χ1) is 30.8. The Kier molecular flexibility index (Phi) is 8.76. The Morgan fingerprint density at radius 3 is 1.68 bits per heavy atom. The molecule has 6 heteroatoms. The normalized spacial score (nSPS) is 13.8. The number of thiophene rings is 2. The number of nitrogens with zero attached hydrogens (tertiary/aromatic N) is 2. The number of rotatable bonds is 8. The van der Waals surface area contributed by atoms with Crippen LogP contribution in [0.5, 0.6) is 0 Å². The molecule has 306 valence electrons. The fourth-order valence-corrected chi connectivity index (χ4v) is 12.8. The van der Waals surface area contributed by atoms with E-state index in [0.717, 1.165) is 44.3 Å². The second-order valence-corrected chi connectivity index (χ2v) is 19.7. The zero-order valence-electron chi connectivity index (χ0n) is 35.1. The van der Waals surface area contributed by atoms with Crippen molar-refractivity contribution in [2.75, 3.05) is 0 Å². The first-order valence-electron chi connectivity index (χ1n) is 21.7. The molecule has 0 N–H and O–H groups in total. The minimum atomic E-state index is -0.603. The van der Waals surface area contributed by atoms with Crippen molar-refractivity contribution in [1.82, 2.24) is 9.13 Å². The van der Waals surface area contributed by atoms with Crippen LogP contribution in [-0.2, 0) is 13.0 Å². The molecule has 0 amide bonds. The maximum absolute atomic E-state index is 16.0. The van der Waals surface area contributed by atoms with Crippen molar-refractivity contribution in [3.8, 4) is 0 Å². The molecule has 0 saturated carbocycles. The highest BCUT2D eigenvalue weighted by Gasteiger charge is 2.39. The number of aromatic nitrogens is 2. The summed E-state index contributed by atoms with van der Waals surface area (Å²) in [6.45, 7) is 7.56. The molecule has 1 atom stereocenters. The summed E-state index contributed by atoms with van der Waals surface area (Å²) in [5.74, 6) is -0.503. The summed E-state index contributed by atoms with van der Waals surface area (Å²) in [4.78, 5) is 0. The molecule has 12 rings (SSSR count). The summed E-state index contributed by atoms with van der Waals surface area (Å²) < 4.78 is 41.3. The van der Waals surface area contributed by atoms with Gasteiger partial charge in [-0.3, -0.25) is 0 Å². The second kappa shape index (κ2) is 14.5. The first kappa shape index (κ1) is 38.1. The van der Waals surface area contributed by atoms with E-state index in [9.17, 15) is 0 Å². The topological polar surface area (TPSA) is 9.86 Å². The van der Waals surface area contributed by atoms with Gasteiger partial charge in [0.05, 0.1) is 11.0 Å². The van der Waals surface area contributed by atoms with E-state index in [1.807, 2.05) is 34.8 Å². The largest absolute Gasteiger partial charge is 0.340 e. The van der Waals surface area contributed by atoms with Crippen LogP contribution in [0.15, 0.2) is 170 Å². The van der Waals surface area contributed by atoms with Gasteiger partial charge in [0.2, 0.25) is 0 Å². The smallest absolute Gasteiger partial charge is 0.123 e. The van der Waals surface area contributed by atoms with E-state index in [1.165, 1.54) is 74.2 Å². The number of para-hydroxylation sites is 2. The summed E-state index contributed by atoms with van der Waals surface area (Å²) in [5.41, 5.74) is 7.57. The maximum Gasteiger partial charge on any atom is 0.123 e. The molecule has 2 nitrogen and oxygen atoms in total. The highest BCUT2D eigenvalue weighted by atomic mass is 32.1. The SMILES string of the molecule is CC(C)C(C)(Cn1c2ccccc2c2c3c(ccc21)sc1ccccc13)/C(=C(\Cc1cccc(F)c1)n1c2ccccc2c2c3c(ccc21)sc1ccccc13)c1cccc(F)c1. The number of hydrogen-bond acceptors (Lipinski definition) is 2. The highest BCUT2D eigenvalue weighted by molar-refractivity contribution is 7.26. The Morgan fingerprint density at radius 1 is 0.508 bits per heavy atom. The second-order valence-electron chi connectivity index (χ2n) is 17.5. The van der Waals surface area contributed by atoms with E-state index >= 15 is 8.78 Å². The zero-order valence-corrected chi connectivity index (χ0v) is 36.8. The van der Waals surface area contributed by atoms with Crippen LogP contribution in [0.25, 0.3) is 95.2 Å². The van der Waals surface area contributed by atoms with Gasteiger partial charge in [0.25, 0.3) is 0 Å². The number of allylic oxidation sites excluding steroid dienone is 2. The molecule has 0 radical (unpaired) electrons. The lowest BCUT2D eigenvalue weighted by Crippen LogP contribution is -2.32. The van der Waals surface area contributed by atoms with E-state index in [1.54, 1.807) is 18.2 Å². The third kappa shape index (κ3) is 5.85. The maximum atomic E-state index is 16.0. The number of fused-ring (bicyclic) bond motifs is 14. The fourth-order valence-electron chi connectivity index (χ4n) is 10.6. The predicted octanol–water partition coefficient (Wildman–Crippen LogP) is 16.9. The van der Waals surface area contributed by atoms with Gasteiger partial charge in [-0.2, -0.15) is 0 Å². The van der Waals surface area contributed by atoms with Gasteiger partial charge >= 0.3 is 0 Å². The summed E-state index contributed by atoms with van der Waals surface area (Å²) in [6, 6.07) is 58.1. The Morgan fingerprint density at radius 2 is 1.05 bits per heavy atom. The average molecular weight is 857 g/mol. The number of hydrogen-bond donors (Lipinski definition) is 0. The van der Waals surface area contributed by atoms with Crippen LogP contribution >= 0.6 is 22.7 Å². The molecule has 4 aromatic heterocycles. The molecule has 0 fully saturated rings. The molecule has 0 aliphatic heterocycles. The van der Waals surface area contributed by atoms with Crippen molar-refractivity contribution in [3.63, 3.8) is 0 Å². The summed E-state index contributed by atoms with van der Waals surface area (Å²) in [7, 11) is 0. The Bertz CT molecular complexity index is 3840. The van der Waals surface area contributed by atoms with Crippen LogP contribution < -0.4 is 0 Å². The van der Waals surface area contributed by atoms with Crippen LogP contribution in [0.1, 0.15) is 31.9 Å². The van der Waals surface area contributed by atoms with Crippen LogP contribution in [0.2, 0.25) is 0 Å². The Balaban J connectivity index is 1.22. The summed E-state index contributed by atoms with van der Waals surface area (Å²) in [5, 5.41) is 9.86. The lowest BCUT2D eigenvalue weighted by atomic mass is 9.69. The molecule has 8 aromatic carbocycles. The van der Waals surface area contributed by atoms with Gasteiger partial charge in [-0.05, 0) is 95.4 Å². The van der Waals surface area contributed by atoms with E-state index in [4.69, 9.17) is 0 Å². The molecule has 0 saturated heterocycles. The minimum Gasteiger partial charge on any atom is -0.340 e. The lowest BCUT2D eigenvalue weighted by Gasteiger charge is -2.40. The molecular formula is C57H42F2N2S2. The van der Waals surface area contributed by atoms with Gasteiger partial charge < -0.3 is 9.13 Å². The molecular weight excluding hydrogens is 815 g/mol. The van der Waals surface area contributed by atoms with Crippen molar-refractivity contribution in [2.45, 2.75) is 33.7 Å². The molecule has 0 bridgehead atoms. The Labute approximate surface area is 371 Å². The molecule has 0 aliphatic rings. The molecule has 1 unspecified atom stereocenters. The van der Waals surface area contributed by atoms with Crippen molar-refractivity contribution in [1.29, 1.82) is 0 Å². The third-order valence-corrected chi connectivity index (χ3v) is 16.0. The van der Waals surface area contributed by atoms with Crippen molar-refractivity contribution < 1.29 is 8.78 Å². The van der Waals surface area contributed by atoms with E-state index in [2.05, 4.69) is 157 Å².